The number of aryl methyl sites for hydroxylation is 1. The van der Waals surface area contributed by atoms with E-state index in [4.69, 9.17) is 0 Å². The second-order valence-corrected chi connectivity index (χ2v) is 5.37. The average Bonchev–Trinajstić information content (AvgIpc) is 2.51. The summed E-state index contributed by atoms with van der Waals surface area (Å²) in [5, 5.41) is 16.0. The van der Waals surface area contributed by atoms with Crippen LogP contribution in [0.5, 0.6) is 5.75 Å². The molecule has 2 aromatic carbocycles. The van der Waals surface area contributed by atoms with Gasteiger partial charge < -0.3 is 15.7 Å². The van der Waals surface area contributed by atoms with Crippen molar-refractivity contribution in [2.75, 3.05) is 5.32 Å². The van der Waals surface area contributed by atoms with E-state index in [1.165, 1.54) is 11.1 Å². The number of aromatic hydroxyl groups is 1. The predicted molar refractivity (Wildman–Crippen MR) is 82.2 cm³/mol. The van der Waals surface area contributed by atoms with Gasteiger partial charge in [0.15, 0.2) is 0 Å². The normalized spacial score (nSPS) is 17.1. The molecule has 1 aliphatic heterocycles. The number of hydrogen-bond acceptors (Lipinski definition) is 3. The maximum absolute atomic E-state index is 12.4. The van der Waals surface area contributed by atoms with Crippen LogP contribution in [0.1, 0.15) is 16.7 Å². The molecule has 0 bridgehead atoms. The molecule has 0 spiro atoms. The van der Waals surface area contributed by atoms with Crippen molar-refractivity contribution >= 4 is 11.6 Å². The van der Waals surface area contributed by atoms with Gasteiger partial charge in [0.25, 0.3) is 0 Å². The van der Waals surface area contributed by atoms with Crippen LogP contribution >= 0.6 is 0 Å². The number of hydrogen-bond donors (Lipinski definition) is 3. The summed E-state index contributed by atoms with van der Waals surface area (Å²) in [6.07, 6.45) is 0.661. The molecular formula is C17H18N2O2. The first-order chi connectivity index (χ1) is 10.1. The Morgan fingerprint density at radius 3 is 2.76 bits per heavy atom. The predicted octanol–water partition coefficient (Wildman–Crippen LogP) is 2.35. The van der Waals surface area contributed by atoms with Crippen LogP contribution in [0, 0.1) is 6.92 Å². The van der Waals surface area contributed by atoms with Gasteiger partial charge in [-0.05, 0) is 36.1 Å². The van der Waals surface area contributed by atoms with E-state index in [-0.39, 0.29) is 17.7 Å². The molecule has 1 amide bonds. The molecule has 108 valence electrons. The zero-order chi connectivity index (χ0) is 14.8. The van der Waals surface area contributed by atoms with Crippen LogP contribution in [0.3, 0.4) is 0 Å². The minimum Gasteiger partial charge on any atom is -0.505 e. The minimum atomic E-state index is -0.278. The maximum atomic E-state index is 12.4. The van der Waals surface area contributed by atoms with E-state index in [0.29, 0.717) is 18.7 Å². The van der Waals surface area contributed by atoms with Crippen molar-refractivity contribution in [1.82, 2.24) is 5.32 Å². The molecule has 3 rings (SSSR count). The lowest BCUT2D eigenvalue weighted by Crippen LogP contribution is -2.44. The number of rotatable bonds is 2. The molecule has 1 atom stereocenters. The molecule has 4 heteroatoms. The fourth-order valence-electron chi connectivity index (χ4n) is 2.62. The molecule has 1 heterocycles. The molecule has 0 radical (unpaired) electrons. The second kappa shape index (κ2) is 5.58. The van der Waals surface area contributed by atoms with Crippen LogP contribution in [0.15, 0.2) is 42.5 Å². The van der Waals surface area contributed by atoms with Gasteiger partial charge >= 0.3 is 0 Å². The van der Waals surface area contributed by atoms with Crippen molar-refractivity contribution in [3.05, 3.63) is 59.2 Å². The third-order valence-electron chi connectivity index (χ3n) is 3.89. The van der Waals surface area contributed by atoms with E-state index in [0.717, 1.165) is 5.56 Å². The molecule has 0 saturated carbocycles. The van der Waals surface area contributed by atoms with Crippen LogP contribution in [-0.4, -0.2) is 17.1 Å². The lowest BCUT2D eigenvalue weighted by atomic mass is 9.95. The zero-order valence-corrected chi connectivity index (χ0v) is 11.9. The van der Waals surface area contributed by atoms with E-state index in [9.17, 15) is 9.90 Å². The monoisotopic (exact) mass is 282 g/mol. The van der Waals surface area contributed by atoms with Crippen LogP contribution in [0.2, 0.25) is 0 Å². The first kappa shape index (κ1) is 13.6. The minimum absolute atomic E-state index is 0.120. The van der Waals surface area contributed by atoms with Gasteiger partial charge in [0, 0.05) is 6.54 Å². The molecule has 0 saturated heterocycles. The summed E-state index contributed by atoms with van der Waals surface area (Å²) in [7, 11) is 0. The highest BCUT2D eigenvalue weighted by atomic mass is 16.3. The van der Waals surface area contributed by atoms with Gasteiger partial charge in [0.05, 0.1) is 11.7 Å². The molecule has 2 aromatic rings. The fraction of sp³-hybridized carbons (Fsp3) is 0.235. The van der Waals surface area contributed by atoms with Crippen molar-refractivity contribution in [1.29, 1.82) is 0 Å². The Bertz CT molecular complexity index is 682. The number of fused-ring (bicyclic) bond motifs is 1. The maximum Gasteiger partial charge on any atom is 0.241 e. The largest absolute Gasteiger partial charge is 0.505 e. The smallest absolute Gasteiger partial charge is 0.241 e. The molecule has 0 aliphatic carbocycles. The summed E-state index contributed by atoms with van der Waals surface area (Å²) in [5.74, 6) is 0.00691. The average molecular weight is 282 g/mol. The number of carbonyl (C=O) groups excluding carboxylic acids is 1. The number of amides is 1. The number of anilines is 1. The van der Waals surface area contributed by atoms with Crippen molar-refractivity contribution < 1.29 is 9.90 Å². The second-order valence-electron chi connectivity index (χ2n) is 5.37. The fourth-order valence-corrected chi connectivity index (χ4v) is 2.62. The Morgan fingerprint density at radius 2 is 1.95 bits per heavy atom. The quantitative estimate of drug-likeness (QED) is 0.741. The number of phenolic OH excluding ortho intramolecular Hbond substituents is 1. The lowest BCUT2D eigenvalue weighted by molar-refractivity contribution is -0.118. The van der Waals surface area contributed by atoms with Crippen molar-refractivity contribution in [2.45, 2.75) is 25.9 Å². The summed E-state index contributed by atoms with van der Waals surface area (Å²) in [4.78, 5) is 12.4. The van der Waals surface area contributed by atoms with Crippen molar-refractivity contribution in [3.63, 3.8) is 0 Å². The van der Waals surface area contributed by atoms with Gasteiger partial charge in [-0.15, -0.1) is 0 Å². The molecule has 0 fully saturated rings. The Morgan fingerprint density at radius 1 is 1.19 bits per heavy atom. The van der Waals surface area contributed by atoms with E-state index in [1.807, 2.05) is 18.2 Å². The van der Waals surface area contributed by atoms with E-state index < -0.39 is 0 Å². The number of carbonyl (C=O) groups is 1. The van der Waals surface area contributed by atoms with Gasteiger partial charge in [-0.25, -0.2) is 0 Å². The molecule has 0 aromatic heterocycles. The Kier molecular flexibility index (Phi) is 3.62. The highest BCUT2D eigenvalue weighted by molar-refractivity contribution is 5.96. The number of para-hydroxylation sites is 1. The Labute approximate surface area is 123 Å². The molecule has 3 N–H and O–H groups in total. The van der Waals surface area contributed by atoms with Gasteiger partial charge in [0.2, 0.25) is 5.91 Å². The lowest BCUT2D eigenvalue weighted by Gasteiger charge is -2.25. The number of nitrogens with one attached hydrogen (secondary N) is 2. The topological polar surface area (TPSA) is 61.4 Å². The van der Waals surface area contributed by atoms with Crippen LogP contribution < -0.4 is 10.6 Å². The SMILES string of the molecule is Cc1cccc(NC(=O)[C@H]2Cc3ccccc3CN2)c1O. The number of phenols is 1. The van der Waals surface area contributed by atoms with E-state index in [2.05, 4.69) is 22.8 Å². The summed E-state index contributed by atoms with van der Waals surface area (Å²) < 4.78 is 0. The highest BCUT2D eigenvalue weighted by Crippen LogP contribution is 2.27. The zero-order valence-electron chi connectivity index (χ0n) is 11.9. The van der Waals surface area contributed by atoms with E-state index in [1.54, 1.807) is 19.1 Å². The standard InChI is InChI=1S/C17H18N2O2/c1-11-5-4-8-14(16(11)20)19-17(21)15-9-12-6-2-3-7-13(12)10-18-15/h2-8,15,18,20H,9-10H2,1H3,(H,19,21)/t15-/m1/s1. The molecule has 21 heavy (non-hydrogen) atoms. The molecule has 1 aliphatic rings. The van der Waals surface area contributed by atoms with Crippen LogP contribution in [-0.2, 0) is 17.8 Å². The highest BCUT2D eigenvalue weighted by Gasteiger charge is 2.24. The molecule has 0 unspecified atom stereocenters. The van der Waals surface area contributed by atoms with Gasteiger partial charge in [-0.1, -0.05) is 36.4 Å². The summed E-state index contributed by atoms with van der Waals surface area (Å²) in [6.45, 7) is 2.49. The van der Waals surface area contributed by atoms with Crippen molar-refractivity contribution in [3.8, 4) is 5.75 Å². The van der Waals surface area contributed by atoms with E-state index >= 15 is 0 Å². The molecular weight excluding hydrogens is 264 g/mol. The third-order valence-corrected chi connectivity index (χ3v) is 3.89. The summed E-state index contributed by atoms with van der Waals surface area (Å²) in [5.41, 5.74) is 3.64. The Hall–Kier alpha value is -2.33. The van der Waals surface area contributed by atoms with Crippen LogP contribution in [0.4, 0.5) is 5.69 Å². The van der Waals surface area contributed by atoms with Gasteiger partial charge in [0.1, 0.15) is 5.75 Å². The van der Waals surface area contributed by atoms with Crippen molar-refractivity contribution in [2.24, 2.45) is 0 Å². The number of benzene rings is 2. The van der Waals surface area contributed by atoms with Crippen LogP contribution in [0.25, 0.3) is 0 Å². The summed E-state index contributed by atoms with van der Waals surface area (Å²) >= 11 is 0. The Balaban J connectivity index is 1.74. The summed E-state index contributed by atoms with van der Waals surface area (Å²) in [6, 6.07) is 13.2. The van der Waals surface area contributed by atoms with Gasteiger partial charge in [-0.2, -0.15) is 0 Å². The first-order valence-electron chi connectivity index (χ1n) is 7.05. The first-order valence-corrected chi connectivity index (χ1v) is 7.05. The third kappa shape index (κ3) is 2.76. The van der Waals surface area contributed by atoms with Gasteiger partial charge in [-0.3, -0.25) is 4.79 Å². The molecule has 4 nitrogen and oxygen atoms in total.